The van der Waals surface area contributed by atoms with Crippen LogP contribution in [0.3, 0.4) is 0 Å². The molecule has 0 radical (unpaired) electrons. The molecule has 0 saturated heterocycles. The molecule has 1 atom stereocenters. The molecule has 0 heterocycles. The van der Waals surface area contributed by atoms with Crippen LogP contribution >= 0.6 is 0 Å². The maximum absolute atomic E-state index is 11.1. The third-order valence-corrected chi connectivity index (χ3v) is 2.48. The molecule has 0 amide bonds. The Morgan fingerprint density at radius 2 is 2.17 bits per heavy atom. The quantitative estimate of drug-likeness (QED) is 0.477. The lowest BCUT2D eigenvalue weighted by molar-refractivity contribution is -0.137. The molecule has 0 spiro atoms. The van der Waals surface area contributed by atoms with E-state index in [4.69, 9.17) is 0 Å². The number of allylic oxidation sites excluding steroid dienone is 1. The summed E-state index contributed by atoms with van der Waals surface area (Å²) in [6, 6.07) is 0. The molecule has 0 saturated carbocycles. The summed E-state index contributed by atoms with van der Waals surface area (Å²) in [7, 11) is 0.184. The highest BCUT2D eigenvalue weighted by atomic mass is 32.2. The predicted octanol–water partition coefficient (Wildman–Crippen LogP) is 0.874. The van der Waals surface area contributed by atoms with Crippen molar-refractivity contribution >= 4 is 16.8 Å². The van der Waals surface area contributed by atoms with E-state index in [1.54, 1.807) is 0 Å². The van der Waals surface area contributed by atoms with Gasteiger partial charge in [-0.2, -0.15) is 0 Å². The van der Waals surface area contributed by atoms with Crippen LogP contribution in [-0.2, 0) is 20.3 Å². The fourth-order valence-electron chi connectivity index (χ4n) is 0.551. The van der Waals surface area contributed by atoms with Gasteiger partial charge in [-0.25, -0.2) is 0 Å². The lowest BCUT2D eigenvalue weighted by Crippen LogP contribution is -2.14. The molecule has 0 aromatic heterocycles. The van der Waals surface area contributed by atoms with E-state index in [0.29, 0.717) is 12.2 Å². The largest absolute Gasteiger partial charge is 0.468 e. The standard InChI is InChI=1S/C8H14O3S/c1-7(2)4-5-12(10)6-8(9)11-3/h1,4-6H2,2-3H3. The molecule has 12 heavy (non-hydrogen) atoms. The molecule has 3 nitrogen and oxygen atoms in total. The third-order valence-electron chi connectivity index (χ3n) is 1.26. The Labute approximate surface area is 75.3 Å². The highest BCUT2D eigenvalue weighted by molar-refractivity contribution is 7.85. The number of rotatable bonds is 5. The molecule has 0 fully saturated rings. The molecule has 0 bridgehead atoms. The van der Waals surface area contributed by atoms with Gasteiger partial charge in [0, 0.05) is 16.6 Å². The zero-order chi connectivity index (χ0) is 9.56. The van der Waals surface area contributed by atoms with Gasteiger partial charge in [0.25, 0.3) is 0 Å². The van der Waals surface area contributed by atoms with Gasteiger partial charge in [0.05, 0.1) is 7.11 Å². The maximum atomic E-state index is 11.1. The van der Waals surface area contributed by atoms with Crippen LogP contribution < -0.4 is 0 Å². The highest BCUT2D eigenvalue weighted by Crippen LogP contribution is 1.97. The van der Waals surface area contributed by atoms with Crippen molar-refractivity contribution in [2.75, 3.05) is 18.6 Å². The van der Waals surface area contributed by atoms with E-state index in [1.165, 1.54) is 7.11 Å². The van der Waals surface area contributed by atoms with Crippen LogP contribution in [-0.4, -0.2) is 28.8 Å². The lowest BCUT2D eigenvalue weighted by Gasteiger charge is -2.00. The molecule has 0 rings (SSSR count). The molecule has 0 aliphatic rings. The molecule has 0 aromatic carbocycles. The van der Waals surface area contributed by atoms with Crippen molar-refractivity contribution in [2.24, 2.45) is 0 Å². The molecule has 0 N–H and O–H groups in total. The Morgan fingerprint density at radius 3 is 2.58 bits per heavy atom. The number of ether oxygens (including phenoxy) is 1. The summed E-state index contributed by atoms with van der Waals surface area (Å²) in [6.07, 6.45) is 0.698. The van der Waals surface area contributed by atoms with Gasteiger partial charge in [-0.1, -0.05) is 5.57 Å². The second-order valence-electron chi connectivity index (χ2n) is 2.57. The normalized spacial score (nSPS) is 12.2. The van der Waals surface area contributed by atoms with E-state index >= 15 is 0 Å². The molecular formula is C8H14O3S. The summed E-state index contributed by atoms with van der Waals surface area (Å²) in [5.41, 5.74) is 0.980. The Balaban J connectivity index is 3.60. The zero-order valence-corrected chi connectivity index (χ0v) is 8.28. The molecule has 0 aliphatic carbocycles. The zero-order valence-electron chi connectivity index (χ0n) is 7.46. The second-order valence-corrected chi connectivity index (χ2v) is 4.15. The first-order chi connectivity index (χ1) is 5.56. The van der Waals surface area contributed by atoms with Crippen molar-refractivity contribution in [1.82, 2.24) is 0 Å². The Kier molecular flexibility index (Phi) is 5.62. The molecule has 4 heteroatoms. The average Bonchev–Trinajstić information content (AvgIpc) is 2.00. The summed E-state index contributed by atoms with van der Waals surface area (Å²) in [6.45, 7) is 5.55. The smallest absolute Gasteiger partial charge is 0.318 e. The molecule has 0 aromatic rings. The van der Waals surface area contributed by atoms with E-state index < -0.39 is 16.8 Å². The first-order valence-electron chi connectivity index (χ1n) is 3.62. The number of esters is 1. The minimum atomic E-state index is -1.11. The molecule has 70 valence electrons. The number of carbonyl (C=O) groups is 1. The van der Waals surface area contributed by atoms with Crippen molar-refractivity contribution in [3.05, 3.63) is 12.2 Å². The van der Waals surface area contributed by atoms with Crippen molar-refractivity contribution in [3.8, 4) is 0 Å². The SMILES string of the molecule is C=C(C)CCS(=O)CC(=O)OC. The predicted molar refractivity (Wildman–Crippen MR) is 49.3 cm³/mol. The minimum absolute atomic E-state index is 0.0101. The number of hydrogen-bond donors (Lipinski definition) is 0. The lowest BCUT2D eigenvalue weighted by atomic mass is 10.3. The Morgan fingerprint density at radius 1 is 1.58 bits per heavy atom. The second kappa shape index (κ2) is 5.94. The number of carbonyl (C=O) groups excluding carboxylic acids is 1. The Hall–Kier alpha value is -0.640. The van der Waals surface area contributed by atoms with Gasteiger partial charge >= 0.3 is 5.97 Å². The topological polar surface area (TPSA) is 43.4 Å². The molecule has 1 unspecified atom stereocenters. The van der Waals surface area contributed by atoms with Gasteiger partial charge in [-0.3, -0.25) is 9.00 Å². The summed E-state index contributed by atoms with van der Waals surface area (Å²) >= 11 is 0. The van der Waals surface area contributed by atoms with E-state index in [9.17, 15) is 9.00 Å². The van der Waals surface area contributed by atoms with E-state index in [0.717, 1.165) is 5.57 Å². The number of hydrogen-bond acceptors (Lipinski definition) is 3. The van der Waals surface area contributed by atoms with Crippen LogP contribution in [0.2, 0.25) is 0 Å². The van der Waals surface area contributed by atoms with Crippen LogP contribution in [0.25, 0.3) is 0 Å². The van der Waals surface area contributed by atoms with Gasteiger partial charge in [-0.05, 0) is 13.3 Å². The van der Waals surface area contributed by atoms with Crippen LogP contribution in [0.1, 0.15) is 13.3 Å². The molecule has 0 aliphatic heterocycles. The van der Waals surface area contributed by atoms with Gasteiger partial charge in [-0.15, -0.1) is 6.58 Å². The van der Waals surface area contributed by atoms with Crippen molar-refractivity contribution in [2.45, 2.75) is 13.3 Å². The first kappa shape index (κ1) is 11.4. The summed E-state index contributed by atoms with van der Waals surface area (Å²) in [4.78, 5) is 10.6. The summed E-state index contributed by atoms with van der Waals surface area (Å²) < 4.78 is 15.5. The monoisotopic (exact) mass is 190 g/mol. The fraction of sp³-hybridized carbons (Fsp3) is 0.625. The van der Waals surface area contributed by atoms with E-state index in [2.05, 4.69) is 11.3 Å². The van der Waals surface area contributed by atoms with Gasteiger partial charge < -0.3 is 4.74 Å². The van der Waals surface area contributed by atoms with Gasteiger partial charge in [0.1, 0.15) is 5.75 Å². The highest BCUT2D eigenvalue weighted by Gasteiger charge is 2.06. The maximum Gasteiger partial charge on any atom is 0.318 e. The van der Waals surface area contributed by atoms with Crippen LogP contribution in [0.15, 0.2) is 12.2 Å². The van der Waals surface area contributed by atoms with E-state index in [1.807, 2.05) is 6.92 Å². The van der Waals surface area contributed by atoms with Crippen LogP contribution in [0.4, 0.5) is 0 Å². The molecular weight excluding hydrogens is 176 g/mol. The van der Waals surface area contributed by atoms with Crippen LogP contribution in [0, 0.1) is 0 Å². The van der Waals surface area contributed by atoms with E-state index in [-0.39, 0.29) is 5.75 Å². The fourth-order valence-corrected chi connectivity index (χ4v) is 1.65. The first-order valence-corrected chi connectivity index (χ1v) is 5.11. The van der Waals surface area contributed by atoms with Crippen molar-refractivity contribution in [3.63, 3.8) is 0 Å². The Bertz CT molecular complexity index is 198. The summed E-state index contributed by atoms with van der Waals surface area (Å²) in [5.74, 6) is 0.0591. The third kappa shape index (κ3) is 6.09. The van der Waals surface area contributed by atoms with Gasteiger partial charge in [0.2, 0.25) is 0 Å². The van der Waals surface area contributed by atoms with Crippen LogP contribution in [0.5, 0.6) is 0 Å². The van der Waals surface area contributed by atoms with Crippen molar-refractivity contribution < 1.29 is 13.7 Å². The van der Waals surface area contributed by atoms with Gasteiger partial charge in [0.15, 0.2) is 0 Å². The minimum Gasteiger partial charge on any atom is -0.468 e. The average molecular weight is 190 g/mol. The number of methoxy groups -OCH3 is 1. The summed E-state index contributed by atoms with van der Waals surface area (Å²) in [5, 5.41) is 0. The van der Waals surface area contributed by atoms with Crippen molar-refractivity contribution in [1.29, 1.82) is 0 Å².